The number of likely N-dealkylation sites (N-methyl/N-ethyl adjacent to an activating group) is 1. The molecule has 0 amide bonds. The molecule has 0 fully saturated rings. The highest BCUT2D eigenvalue weighted by Crippen LogP contribution is 2.27. The molecule has 142 valence electrons. The molecule has 0 spiro atoms. The maximum Gasteiger partial charge on any atom is 0.327 e. The van der Waals surface area contributed by atoms with Gasteiger partial charge in [-0.05, 0) is 51.6 Å². The van der Waals surface area contributed by atoms with Gasteiger partial charge in [0.25, 0.3) is 0 Å². The molecule has 0 saturated heterocycles. The van der Waals surface area contributed by atoms with Crippen LogP contribution in [0.4, 0.5) is 0 Å². The van der Waals surface area contributed by atoms with E-state index in [1.165, 1.54) is 11.5 Å². The minimum atomic E-state index is -0.315. The number of hydrogen-bond acceptors (Lipinski definition) is 7. The Morgan fingerprint density at radius 1 is 1.26 bits per heavy atom. The van der Waals surface area contributed by atoms with Crippen molar-refractivity contribution in [2.45, 2.75) is 20.4 Å². The molecular formula is C19H23N5O2S. The molecule has 0 radical (unpaired) electrons. The Morgan fingerprint density at radius 2 is 2.07 bits per heavy atom. The van der Waals surface area contributed by atoms with Crippen molar-refractivity contribution in [1.82, 2.24) is 24.0 Å². The summed E-state index contributed by atoms with van der Waals surface area (Å²) in [4.78, 5) is 18.7. The van der Waals surface area contributed by atoms with E-state index in [1.54, 1.807) is 4.68 Å². The van der Waals surface area contributed by atoms with Crippen LogP contribution in [0.3, 0.4) is 0 Å². The fourth-order valence-electron chi connectivity index (χ4n) is 2.58. The number of ether oxygens (including phenoxy) is 1. The van der Waals surface area contributed by atoms with Gasteiger partial charge in [0.15, 0.2) is 10.8 Å². The third kappa shape index (κ3) is 4.99. The zero-order chi connectivity index (χ0) is 19.4. The first-order valence-corrected chi connectivity index (χ1v) is 9.45. The Kier molecular flexibility index (Phi) is 5.98. The van der Waals surface area contributed by atoms with E-state index in [0.29, 0.717) is 19.0 Å². The number of carbonyl (C=O) groups excluding carboxylic acids is 1. The normalized spacial score (nSPS) is 11.1. The van der Waals surface area contributed by atoms with Gasteiger partial charge < -0.3 is 9.64 Å². The van der Waals surface area contributed by atoms with Crippen molar-refractivity contribution in [1.29, 1.82) is 0 Å². The lowest BCUT2D eigenvalue weighted by atomic mass is 10.1. The van der Waals surface area contributed by atoms with Crippen LogP contribution in [0.5, 0.6) is 0 Å². The number of hydrogen-bond donors (Lipinski definition) is 0. The van der Waals surface area contributed by atoms with Crippen LogP contribution >= 0.6 is 11.5 Å². The Morgan fingerprint density at radius 3 is 2.81 bits per heavy atom. The summed E-state index contributed by atoms with van der Waals surface area (Å²) < 4.78 is 11.4. The Hall–Kier alpha value is -2.58. The average Bonchev–Trinajstić information content (AvgIpc) is 3.21. The molecule has 7 nitrogen and oxygen atoms in total. The predicted octanol–water partition coefficient (Wildman–Crippen LogP) is 2.79. The number of nitrogens with zero attached hydrogens (tertiary/aromatic N) is 5. The van der Waals surface area contributed by atoms with Crippen LogP contribution < -0.4 is 0 Å². The number of aromatic nitrogens is 4. The highest BCUT2D eigenvalue weighted by atomic mass is 32.1. The lowest BCUT2D eigenvalue weighted by Gasteiger charge is -2.10. The van der Waals surface area contributed by atoms with Crippen LogP contribution in [-0.2, 0) is 16.1 Å². The Bertz CT molecular complexity index is 932. The minimum absolute atomic E-state index is 0.0515. The minimum Gasteiger partial charge on any atom is -0.463 e. The van der Waals surface area contributed by atoms with Crippen LogP contribution in [0.1, 0.15) is 11.3 Å². The van der Waals surface area contributed by atoms with Crippen molar-refractivity contribution in [3.63, 3.8) is 0 Å². The second-order valence-corrected chi connectivity index (χ2v) is 7.40. The van der Waals surface area contributed by atoms with Gasteiger partial charge in [0.2, 0.25) is 0 Å². The number of esters is 1. The number of rotatable bonds is 7. The van der Waals surface area contributed by atoms with Crippen molar-refractivity contribution < 1.29 is 9.53 Å². The first-order chi connectivity index (χ1) is 12.9. The van der Waals surface area contributed by atoms with Gasteiger partial charge >= 0.3 is 5.97 Å². The van der Waals surface area contributed by atoms with Gasteiger partial charge in [-0.1, -0.05) is 23.8 Å². The molecule has 0 aliphatic heterocycles. The number of aryl methyl sites for hydroxylation is 2. The molecule has 0 saturated carbocycles. The lowest BCUT2D eigenvalue weighted by Crippen LogP contribution is -2.22. The molecule has 0 atom stereocenters. The van der Waals surface area contributed by atoms with E-state index in [9.17, 15) is 4.79 Å². The summed E-state index contributed by atoms with van der Waals surface area (Å²) in [6, 6.07) is 9.98. The Labute approximate surface area is 162 Å². The first-order valence-electron chi connectivity index (χ1n) is 8.68. The summed E-state index contributed by atoms with van der Waals surface area (Å²) in [6.07, 6.45) is 0. The summed E-state index contributed by atoms with van der Waals surface area (Å²) in [5, 5.41) is 5.14. The lowest BCUT2D eigenvalue weighted by molar-refractivity contribution is -0.144. The van der Waals surface area contributed by atoms with Gasteiger partial charge in [-0.15, -0.1) is 0 Å². The van der Waals surface area contributed by atoms with Crippen LogP contribution in [0.25, 0.3) is 22.1 Å². The summed E-state index contributed by atoms with van der Waals surface area (Å²) in [5.74, 6) is 0.363. The quantitative estimate of drug-likeness (QED) is 0.582. The molecule has 27 heavy (non-hydrogen) atoms. The second kappa shape index (κ2) is 8.41. The van der Waals surface area contributed by atoms with E-state index in [2.05, 4.69) is 20.5 Å². The molecule has 1 aromatic carbocycles. The van der Waals surface area contributed by atoms with Crippen molar-refractivity contribution in [3.05, 3.63) is 41.6 Å². The first kappa shape index (κ1) is 19.2. The molecule has 2 aromatic heterocycles. The molecule has 0 aliphatic carbocycles. The molecule has 0 N–H and O–H groups in total. The zero-order valence-electron chi connectivity index (χ0n) is 16.0. The number of carbonyl (C=O) groups is 1. The van der Waals surface area contributed by atoms with E-state index in [-0.39, 0.29) is 12.5 Å². The smallest absolute Gasteiger partial charge is 0.327 e. The average molecular weight is 385 g/mol. The van der Waals surface area contributed by atoms with E-state index >= 15 is 0 Å². The van der Waals surface area contributed by atoms with Crippen LogP contribution in [0.2, 0.25) is 0 Å². The molecule has 8 heteroatoms. The van der Waals surface area contributed by atoms with Gasteiger partial charge in [0.05, 0.1) is 11.4 Å². The van der Waals surface area contributed by atoms with Crippen molar-refractivity contribution >= 4 is 17.5 Å². The largest absolute Gasteiger partial charge is 0.463 e. The summed E-state index contributed by atoms with van der Waals surface area (Å²) in [5.41, 5.74) is 3.72. The zero-order valence-corrected chi connectivity index (χ0v) is 16.8. The monoisotopic (exact) mass is 385 g/mol. The van der Waals surface area contributed by atoms with Crippen molar-refractivity contribution in [2.24, 2.45) is 0 Å². The maximum absolute atomic E-state index is 12.1. The second-order valence-electron chi connectivity index (χ2n) is 6.64. The molecule has 0 bridgehead atoms. The van der Waals surface area contributed by atoms with E-state index in [1.807, 2.05) is 57.1 Å². The summed E-state index contributed by atoms with van der Waals surface area (Å²) in [7, 11) is 3.87. The molecule has 0 unspecified atom stereocenters. The Balaban J connectivity index is 1.77. The third-order valence-electron chi connectivity index (χ3n) is 3.90. The van der Waals surface area contributed by atoms with Gasteiger partial charge in [0, 0.05) is 12.1 Å². The maximum atomic E-state index is 12.1. The third-order valence-corrected chi connectivity index (χ3v) is 4.64. The number of benzene rings is 1. The highest BCUT2D eigenvalue weighted by molar-refractivity contribution is 7.09. The molecule has 3 rings (SSSR count). The van der Waals surface area contributed by atoms with E-state index in [4.69, 9.17) is 4.74 Å². The van der Waals surface area contributed by atoms with Gasteiger partial charge in [-0.3, -0.25) is 9.48 Å². The molecule has 2 heterocycles. The van der Waals surface area contributed by atoms with E-state index < -0.39 is 0 Å². The molecule has 3 aromatic rings. The van der Waals surface area contributed by atoms with Gasteiger partial charge in [-0.25, -0.2) is 4.98 Å². The molecule has 0 aliphatic rings. The fourth-order valence-corrected chi connectivity index (χ4v) is 3.28. The van der Waals surface area contributed by atoms with Gasteiger partial charge in [0.1, 0.15) is 13.2 Å². The SMILES string of the molecule is Cc1cccc(-c2nsc(-c3cc(C)nn3CC(=O)OCCN(C)C)n2)c1. The molecular weight excluding hydrogens is 362 g/mol. The van der Waals surface area contributed by atoms with Gasteiger partial charge in [-0.2, -0.15) is 9.47 Å². The highest BCUT2D eigenvalue weighted by Gasteiger charge is 2.17. The standard InChI is InChI=1S/C19H23N5O2S/c1-13-6-5-7-15(10-13)18-20-19(27-22-18)16-11-14(2)21-24(16)12-17(25)26-9-8-23(3)4/h5-7,10-11H,8-9,12H2,1-4H3. The predicted molar refractivity (Wildman–Crippen MR) is 106 cm³/mol. The summed E-state index contributed by atoms with van der Waals surface area (Å²) >= 11 is 1.30. The van der Waals surface area contributed by atoms with Crippen LogP contribution in [0, 0.1) is 13.8 Å². The fraction of sp³-hybridized carbons (Fsp3) is 0.368. The van der Waals surface area contributed by atoms with Crippen molar-refractivity contribution in [2.75, 3.05) is 27.2 Å². The topological polar surface area (TPSA) is 73.1 Å². The van der Waals surface area contributed by atoms with Crippen molar-refractivity contribution in [3.8, 4) is 22.1 Å². The van der Waals surface area contributed by atoms with E-state index in [0.717, 1.165) is 27.5 Å². The summed E-state index contributed by atoms with van der Waals surface area (Å²) in [6.45, 7) is 5.03. The van der Waals surface area contributed by atoms with Crippen LogP contribution in [-0.4, -0.2) is 57.3 Å². The van der Waals surface area contributed by atoms with Crippen LogP contribution in [0.15, 0.2) is 30.3 Å².